The zero-order valence-electron chi connectivity index (χ0n) is 13.1. The van der Waals surface area contributed by atoms with Crippen molar-refractivity contribution < 1.29 is 8.42 Å². The first-order valence-electron chi connectivity index (χ1n) is 7.44. The highest BCUT2D eigenvalue weighted by Crippen LogP contribution is 2.26. The molecule has 128 valence electrons. The molecule has 3 aromatic rings. The van der Waals surface area contributed by atoms with Crippen LogP contribution in [0.15, 0.2) is 82.8 Å². The van der Waals surface area contributed by atoms with Gasteiger partial charge < -0.3 is 0 Å². The van der Waals surface area contributed by atoms with Gasteiger partial charge in [-0.3, -0.25) is 9.71 Å². The molecule has 0 aliphatic rings. The van der Waals surface area contributed by atoms with Crippen molar-refractivity contribution in [1.82, 2.24) is 4.98 Å². The quantitative estimate of drug-likeness (QED) is 0.612. The summed E-state index contributed by atoms with van der Waals surface area (Å²) in [7, 11) is -3.71. The Morgan fingerprint density at radius 2 is 1.76 bits per heavy atom. The van der Waals surface area contributed by atoms with Crippen molar-refractivity contribution in [2.24, 2.45) is 0 Å². The van der Waals surface area contributed by atoms with Crippen molar-refractivity contribution in [3.05, 3.63) is 83.6 Å². The fourth-order valence-electron chi connectivity index (χ4n) is 2.14. The highest BCUT2D eigenvalue weighted by atomic mass is 35.5. The van der Waals surface area contributed by atoms with Gasteiger partial charge in [-0.2, -0.15) is 0 Å². The predicted octanol–water partition coefficient (Wildman–Crippen LogP) is 4.83. The number of pyridine rings is 1. The topological polar surface area (TPSA) is 59.1 Å². The lowest BCUT2D eigenvalue weighted by Gasteiger charge is -2.10. The Hall–Kier alpha value is -2.02. The first kappa shape index (κ1) is 17.8. The van der Waals surface area contributed by atoms with Gasteiger partial charge in [-0.05, 0) is 48.0 Å². The second-order valence-corrected chi connectivity index (χ2v) is 8.32. The number of hydrogen-bond acceptors (Lipinski definition) is 4. The fraction of sp³-hybridized carbons (Fsp3) is 0.0556. The van der Waals surface area contributed by atoms with Gasteiger partial charge in [0.1, 0.15) is 4.90 Å². The number of rotatable bonds is 6. The monoisotopic (exact) mass is 390 g/mol. The zero-order valence-corrected chi connectivity index (χ0v) is 15.5. The van der Waals surface area contributed by atoms with Gasteiger partial charge in [-0.1, -0.05) is 29.8 Å². The van der Waals surface area contributed by atoms with Gasteiger partial charge >= 0.3 is 0 Å². The maximum Gasteiger partial charge on any atom is 0.263 e. The van der Waals surface area contributed by atoms with Crippen LogP contribution in [0.3, 0.4) is 0 Å². The number of sulfonamides is 1. The number of halogens is 1. The van der Waals surface area contributed by atoms with Crippen LogP contribution < -0.4 is 4.72 Å². The van der Waals surface area contributed by atoms with Crippen molar-refractivity contribution >= 4 is 39.1 Å². The largest absolute Gasteiger partial charge is 0.280 e. The molecule has 1 heterocycles. The molecule has 4 nitrogen and oxygen atoms in total. The second-order valence-electron chi connectivity index (χ2n) is 5.21. The molecule has 0 bridgehead atoms. The highest BCUT2D eigenvalue weighted by molar-refractivity contribution is 7.98. The molecule has 0 fully saturated rings. The van der Waals surface area contributed by atoms with Gasteiger partial charge in [0.2, 0.25) is 0 Å². The summed E-state index contributed by atoms with van der Waals surface area (Å²) in [5, 5.41) is 0.193. The van der Waals surface area contributed by atoms with Gasteiger partial charge in [0, 0.05) is 28.7 Å². The van der Waals surface area contributed by atoms with Gasteiger partial charge in [-0.15, -0.1) is 11.8 Å². The van der Waals surface area contributed by atoms with E-state index in [1.54, 1.807) is 48.3 Å². The minimum Gasteiger partial charge on any atom is -0.280 e. The summed E-state index contributed by atoms with van der Waals surface area (Å²) in [4.78, 5) is 5.19. The maximum atomic E-state index is 12.4. The van der Waals surface area contributed by atoms with Crippen LogP contribution in [0.25, 0.3) is 0 Å². The molecule has 1 aromatic heterocycles. The fourth-order valence-corrected chi connectivity index (χ4v) is 4.55. The van der Waals surface area contributed by atoms with E-state index >= 15 is 0 Å². The van der Waals surface area contributed by atoms with Crippen LogP contribution in [0.2, 0.25) is 5.02 Å². The molecule has 1 N–H and O–H groups in total. The first-order chi connectivity index (χ1) is 12.0. The molecule has 0 saturated carbocycles. The number of hydrogen-bond donors (Lipinski definition) is 1. The van der Waals surface area contributed by atoms with E-state index in [0.717, 1.165) is 16.2 Å². The normalized spacial score (nSPS) is 11.2. The average Bonchev–Trinajstić information content (AvgIpc) is 2.62. The highest BCUT2D eigenvalue weighted by Gasteiger charge is 2.17. The number of nitrogens with zero attached hydrogens (tertiary/aromatic N) is 1. The minimum atomic E-state index is -3.71. The van der Waals surface area contributed by atoms with Gasteiger partial charge in [0.05, 0.1) is 5.02 Å². The predicted molar refractivity (Wildman–Crippen MR) is 103 cm³/mol. The Labute approximate surface area is 156 Å². The summed E-state index contributed by atoms with van der Waals surface area (Å²) in [5.41, 5.74) is 1.63. The molecular formula is C18H15ClN2O2S2. The van der Waals surface area contributed by atoms with Crippen molar-refractivity contribution in [3.8, 4) is 0 Å². The second kappa shape index (κ2) is 7.91. The molecule has 0 radical (unpaired) electrons. The molecule has 3 rings (SSSR count). The van der Waals surface area contributed by atoms with Crippen molar-refractivity contribution in [3.63, 3.8) is 0 Å². The molecule has 0 amide bonds. The van der Waals surface area contributed by atoms with Crippen LogP contribution in [0, 0.1) is 0 Å². The Kier molecular flexibility index (Phi) is 5.63. The standard InChI is InChI=1S/C18H15ClN2O2S2/c19-17-5-1-2-6-18(17)25(22,23)21-15-7-9-16(10-8-15)24-13-14-4-3-11-20-12-14/h1-12,21H,13H2. The van der Waals surface area contributed by atoms with Crippen molar-refractivity contribution in [1.29, 1.82) is 0 Å². The van der Waals surface area contributed by atoms with Gasteiger partial charge in [0.25, 0.3) is 10.0 Å². The molecular weight excluding hydrogens is 376 g/mol. The lowest BCUT2D eigenvalue weighted by Crippen LogP contribution is -2.13. The maximum absolute atomic E-state index is 12.4. The Bertz CT molecular complexity index is 946. The number of benzene rings is 2. The summed E-state index contributed by atoms with van der Waals surface area (Å²) in [6.45, 7) is 0. The smallest absolute Gasteiger partial charge is 0.263 e. The molecule has 0 atom stereocenters. The molecule has 7 heteroatoms. The van der Waals surface area contributed by atoms with E-state index < -0.39 is 10.0 Å². The summed E-state index contributed by atoms with van der Waals surface area (Å²) in [5.74, 6) is 0.804. The molecule has 25 heavy (non-hydrogen) atoms. The summed E-state index contributed by atoms with van der Waals surface area (Å²) >= 11 is 7.63. The first-order valence-corrected chi connectivity index (χ1v) is 10.3. The summed E-state index contributed by atoms with van der Waals surface area (Å²) < 4.78 is 27.4. The third-order valence-corrected chi connectivity index (χ3v) is 6.33. The van der Waals surface area contributed by atoms with E-state index in [9.17, 15) is 8.42 Å². The SMILES string of the molecule is O=S(=O)(Nc1ccc(SCc2cccnc2)cc1)c1ccccc1Cl. The number of nitrogens with one attached hydrogen (secondary N) is 1. The van der Waals surface area contributed by atoms with Crippen LogP contribution in [-0.4, -0.2) is 13.4 Å². The summed E-state index contributed by atoms with van der Waals surface area (Å²) in [6.07, 6.45) is 3.58. The molecule has 0 unspecified atom stereocenters. The van der Waals surface area contributed by atoms with Crippen molar-refractivity contribution in [2.75, 3.05) is 4.72 Å². The molecule has 2 aromatic carbocycles. The van der Waals surface area contributed by atoms with Gasteiger partial charge in [-0.25, -0.2) is 8.42 Å². The molecule has 0 saturated heterocycles. The van der Waals surface area contributed by atoms with Crippen molar-refractivity contribution in [2.45, 2.75) is 15.5 Å². The van der Waals surface area contributed by atoms with E-state index in [-0.39, 0.29) is 9.92 Å². The molecule has 0 aliphatic heterocycles. The van der Waals surface area contributed by atoms with Crippen LogP contribution in [0.5, 0.6) is 0 Å². The van der Waals surface area contributed by atoms with E-state index in [2.05, 4.69) is 9.71 Å². The Morgan fingerprint density at radius 1 is 1.00 bits per heavy atom. The van der Waals surface area contributed by atoms with E-state index in [4.69, 9.17) is 11.6 Å². The minimum absolute atomic E-state index is 0.0618. The third kappa shape index (κ3) is 4.75. The lowest BCUT2D eigenvalue weighted by molar-refractivity contribution is 0.601. The number of aromatic nitrogens is 1. The average molecular weight is 391 g/mol. The van der Waals surface area contributed by atoms with E-state index in [1.165, 1.54) is 6.07 Å². The summed E-state index contributed by atoms with van der Waals surface area (Å²) in [6, 6.07) is 17.5. The Balaban J connectivity index is 1.67. The molecule has 0 spiro atoms. The van der Waals surface area contributed by atoms with Gasteiger partial charge in [0.15, 0.2) is 0 Å². The van der Waals surface area contributed by atoms with E-state index in [1.807, 2.05) is 30.5 Å². The van der Waals surface area contributed by atoms with Crippen LogP contribution >= 0.6 is 23.4 Å². The van der Waals surface area contributed by atoms with Crippen LogP contribution in [-0.2, 0) is 15.8 Å². The number of anilines is 1. The van der Waals surface area contributed by atoms with Crippen LogP contribution in [0.1, 0.15) is 5.56 Å². The number of thioether (sulfide) groups is 1. The zero-order chi connectivity index (χ0) is 17.7. The third-order valence-electron chi connectivity index (χ3n) is 3.36. The van der Waals surface area contributed by atoms with E-state index in [0.29, 0.717) is 5.69 Å². The Morgan fingerprint density at radius 3 is 2.44 bits per heavy atom. The van der Waals surface area contributed by atoms with Crippen LogP contribution in [0.4, 0.5) is 5.69 Å². The lowest BCUT2D eigenvalue weighted by atomic mass is 10.3. The molecule has 0 aliphatic carbocycles.